The van der Waals surface area contributed by atoms with Crippen LogP contribution >= 0.6 is 0 Å². The van der Waals surface area contributed by atoms with Gasteiger partial charge in [0, 0.05) is 41.1 Å². The number of carbonyl (C=O) groups is 4. The van der Waals surface area contributed by atoms with Gasteiger partial charge in [-0.25, -0.2) is 0 Å². The van der Waals surface area contributed by atoms with E-state index < -0.39 is 45.8 Å². The van der Waals surface area contributed by atoms with Gasteiger partial charge in [-0.05, 0) is 55.1 Å². The quantitative estimate of drug-likeness (QED) is 0.472. The molecular formula is C30H42O7. The van der Waals surface area contributed by atoms with Crippen molar-refractivity contribution in [2.45, 2.75) is 99.2 Å². The first-order valence-corrected chi connectivity index (χ1v) is 13.5. The Morgan fingerprint density at radius 3 is 2.30 bits per heavy atom. The van der Waals surface area contributed by atoms with E-state index in [-0.39, 0.29) is 42.0 Å². The van der Waals surface area contributed by atoms with Gasteiger partial charge in [0.1, 0.15) is 5.78 Å². The van der Waals surface area contributed by atoms with E-state index >= 15 is 0 Å². The van der Waals surface area contributed by atoms with Crippen LogP contribution in [-0.4, -0.2) is 50.8 Å². The molecule has 4 aliphatic rings. The molecule has 4 aliphatic carbocycles. The van der Waals surface area contributed by atoms with Crippen molar-refractivity contribution in [1.82, 2.24) is 0 Å². The predicted molar refractivity (Wildman–Crippen MR) is 137 cm³/mol. The van der Waals surface area contributed by atoms with Gasteiger partial charge in [0.25, 0.3) is 0 Å². The number of ketones is 3. The molecule has 0 saturated heterocycles. The first kappa shape index (κ1) is 27.9. The van der Waals surface area contributed by atoms with Crippen LogP contribution in [0.5, 0.6) is 0 Å². The normalized spacial score (nSPS) is 42.1. The summed E-state index contributed by atoms with van der Waals surface area (Å²) in [7, 11) is 0. The van der Waals surface area contributed by atoms with Crippen LogP contribution in [0.15, 0.2) is 22.8 Å². The zero-order chi connectivity index (χ0) is 27.9. The van der Waals surface area contributed by atoms with Gasteiger partial charge in [-0.15, -0.1) is 0 Å². The Labute approximate surface area is 219 Å². The van der Waals surface area contributed by atoms with E-state index in [0.29, 0.717) is 36.8 Å². The van der Waals surface area contributed by atoms with Crippen LogP contribution in [0.25, 0.3) is 0 Å². The lowest BCUT2D eigenvalue weighted by molar-refractivity contribution is -0.145. The van der Waals surface area contributed by atoms with Crippen LogP contribution in [0.4, 0.5) is 0 Å². The Bertz CT molecular complexity index is 1130. The van der Waals surface area contributed by atoms with Crippen LogP contribution < -0.4 is 0 Å². The van der Waals surface area contributed by atoms with Crippen LogP contribution in [0, 0.1) is 39.4 Å². The highest BCUT2D eigenvalue weighted by molar-refractivity contribution is 6.01. The zero-order valence-corrected chi connectivity index (χ0v) is 23.2. The average Bonchev–Trinajstić information content (AvgIpc) is 2.99. The van der Waals surface area contributed by atoms with E-state index in [0.717, 1.165) is 5.57 Å². The molecule has 0 spiro atoms. The smallest absolute Gasteiger partial charge is 0.306 e. The van der Waals surface area contributed by atoms with Gasteiger partial charge in [-0.3, -0.25) is 19.2 Å². The standard InChI is InChI=1S/C30H42O7/c1-15(10-17(31)11-16(2)26(36)37)18-12-23(35)30(7)25-19(32)13-21-27(3,4)22(34)8-9-28(21,5)24(25)20(33)14-29(18,30)6/h10,16,18-19,21,23,32,35H,8-9,11-14H2,1-7H3,(H,36,37)/b15-10-/t16-,18+,19-,21-,23-,28-,29+,30-/m0/s1. The van der Waals surface area contributed by atoms with Crippen LogP contribution in [0.3, 0.4) is 0 Å². The van der Waals surface area contributed by atoms with E-state index in [1.807, 2.05) is 34.6 Å². The van der Waals surface area contributed by atoms with Crippen molar-refractivity contribution in [2.24, 2.45) is 39.4 Å². The maximum Gasteiger partial charge on any atom is 0.306 e. The highest BCUT2D eigenvalue weighted by Crippen LogP contribution is 2.71. The molecule has 204 valence electrons. The van der Waals surface area contributed by atoms with Crippen molar-refractivity contribution in [3.63, 3.8) is 0 Å². The second-order valence-corrected chi connectivity index (χ2v) is 13.5. The van der Waals surface area contributed by atoms with Crippen molar-refractivity contribution in [2.75, 3.05) is 0 Å². The van der Waals surface area contributed by atoms with Gasteiger partial charge in [-0.2, -0.15) is 0 Å². The number of hydrogen-bond acceptors (Lipinski definition) is 6. The summed E-state index contributed by atoms with van der Waals surface area (Å²) in [5, 5.41) is 32.4. The number of fused-ring (bicyclic) bond motifs is 4. The molecule has 37 heavy (non-hydrogen) atoms. The average molecular weight is 515 g/mol. The Morgan fingerprint density at radius 2 is 1.70 bits per heavy atom. The largest absolute Gasteiger partial charge is 0.481 e. The van der Waals surface area contributed by atoms with E-state index in [4.69, 9.17) is 5.11 Å². The van der Waals surface area contributed by atoms with Gasteiger partial charge in [0.05, 0.1) is 18.1 Å². The molecule has 2 fully saturated rings. The number of hydrogen-bond donors (Lipinski definition) is 3. The van der Waals surface area contributed by atoms with Crippen LogP contribution in [0.2, 0.25) is 0 Å². The summed E-state index contributed by atoms with van der Waals surface area (Å²) >= 11 is 0. The Hall–Kier alpha value is -2.12. The topological polar surface area (TPSA) is 129 Å². The summed E-state index contributed by atoms with van der Waals surface area (Å²) in [5.74, 6) is -2.44. The minimum atomic E-state index is -1.03. The number of carboxylic acid groups (broad SMARTS) is 1. The minimum absolute atomic E-state index is 0.0379. The lowest BCUT2D eigenvalue weighted by Crippen LogP contribution is -2.60. The molecule has 7 nitrogen and oxygen atoms in total. The van der Waals surface area contributed by atoms with E-state index in [1.165, 1.54) is 13.0 Å². The van der Waals surface area contributed by atoms with Gasteiger partial charge in [0.2, 0.25) is 0 Å². The number of aliphatic hydroxyl groups is 2. The molecule has 0 aromatic heterocycles. The second-order valence-electron chi connectivity index (χ2n) is 13.5. The molecule has 0 aromatic carbocycles. The van der Waals surface area contributed by atoms with Crippen molar-refractivity contribution in [1.29, 1.82) is 0 Å². The fourth-order valence-corrected chi connectivity index (χ4v) is 8.77. The molecule has 2 saturated carbocycles. The number of Topliss-reactive ketones (excluding diaryl/α,β-unsaturated/α-hetero) is 2. The number of carbonyl (C=O) groups excluding carboxylic acids is 3. The molecule has 8 atom stereocenters. The van der Waals surface area contributed by atoms with Crippen LogP contribution in [-0.2, 0) is 19.2 Å². The van der Waals surface area contributed by atoms with Crippen molar-refractivity contribution in [3.05, 3.63) is 22.8 Å². The van der Waals surface area contributed by atoms with E-state index in [1.54, 1.807) is 0 Å². The Kier molecular flexibility index (Phi) is 6.56. The SMILES string of the molecule is C/C(=C/C(=O)C[C@H](C)C(=O)O)[C@H]1C[C@H](O)[C@@]2(C)C3=C(C(=O)C[C@]12C)[C@@]1(C)CCC(=O)C(C)(C)[C@@H]1C[C@@H]3O. The van der Waals surface area contributed by atoms with Crippen molar-refractivity contribution in [3.8, 4) is 0 Å². The van der Waals surface area contributed by atoms with Crippen molar-refractivity contribution >= 4 is 23.3 Å². The number of carboxylic acids is 1. The lowest BCUT2D eigenvalue weighted by atomic mass is 9.42. The summed E-state index contributed by atoms with van der Waals surface area (Å²) in [6, 6.07) is 0. The third kappa shape index (κ3) is 3.75. The molecule has 0 heterocycles. The number of aliphatic carboxylic acids is 1. The maximum absolute atomic E-state index is 14.0. The highest BCUT2D eigenvalue weighted by atomic mass is 16.4. The first-order chi connectivity index (χ1) is 16.9. The summed E-state index contributed by atoms with van der Waals surface area (Å²) < 4.78 is 0. The highest BCUT2D eigenvalue weighted by Gasteiger charge is 2.69. The van der Waals surface area contributed by atoms with Gasteiger partial charge in [0.15, 0.2) is 11.6 Å². The molecule has 0 aromatic rings. The van der Waals surface area contributed by atoms with E-state index in [9.17, 15) is 29.4 Å². The second kappa shape index (κ2) is 8.70. The van der Waals surface area contributed by atoms with Gasteiger partial charge in [-0.1, -0.05) is 47.1 Å². The number of allylic oxidation sites excluding steroid dienone is 3. The molecule has 0 amide bonds. The maximum atomic E-state index is 14.0. The van der Waals surface area contributed by atoms with Crippen molar-refractivity contribution < 1.29 is 34.5 Å². The van der Waals surface area contributed by atoms with Gasteiger partial charge >= 0.3 is 5.97 Å². The fourth-order valence-electron chi connectivity index (χ4n) is 8.77. The summed E-state index contributed by atoms with van der Waals surface area (Å²) in [4.78, 5) is 50.7. The molecule has 0 bridgehead atoms. The molecule has 0 radical (unpaired) electrons. The predicted octanol–water partition coefficient (Wildman–Crippen LogP) is 4.05. The molecule has 0 aliphatic heterocycles. The third-order valence-corrected chi connectivity index (χ3v) is 11.2. The molecule has 0 unspecified atom stereocenters. The number of aliphatic hydroxyl groups excluding tert-OH is 2. The fraction of sp³-hybridized carbons (Fsp3) is 0.733. The summed E-state index contributed by atoms with van der Waals surface area (Å²) in [6.07, 6.45) is 1.42. The van der Waals surface area contributed by atoms with E-state index in [2.05, 4.69) is 6.92 Å². The molecular weight excluding hydrogens is 472 g/mol. The lowest BCUT2D eigenvalue weighted by Gasteiger charge is -2.61. The third-order valence-electron chi connectivity index (χ3n) is 11.2. The molecule has 4 rings (SSSR count). The molecule has 7 heteroatoms. The minimum Gasteiger partial charge on any atom is -0.481 e. The Morgan fingerprint density at radius 1 is 1.08 bits per heavy atom. The number of rotatable bonds is 5. The molecule has 3 N–H and O–H groups in total. The summed E-state index contributed by atoms with van der Waals surface area (Å²) in [5.41, 5.74) is -0.855. The van der Waals surface area contributed by atoms with Gasteiger partial charge < -0.3 is 15.3 Å². The summed E-state index contributed by atoms with van der Waals surface area (Å²) in [6.45, 7) is 13.1. The monoisotopic (exact) mass is 514 g/mol. The Balaban J connectivity index is 1.80. The zero-order valence-electron chi connectivity index (χ0n) is 23.2. The van der Waals surface area contributed by atoms with Crippen LogP contribution in [0.1, 0.15) is 87.0 Å². The first-order valence-electron chi connectivity index (χ1n) is 13.5.